The summed E-state index contributed by atoms with van der Waals surface area (Å²) >= 11 is 7.63. The van der Waals surface area contributed by atoms with Crippen LogP contribution in [-0.4, -0.2) is 10.2 Å². The largest absolute Gasteiger partial charge is 0.240 e. The Morgan fingerprint density at radius 2 is 1.68 bits per heavy atom. The van der Waals surface area contributed by atoms with Crippen LogP contribution < -0.4 is 0 Å². The molecule has 124 valence electrons. The fraction of sp³-hybridized carbons (Fsp3) is 0.143. The van der Waals surface area contributed by atoms with Crippen LogP contribution in [0.1, 0.15) is 19.4 Å². The maximum absolute atomic E-state index is 9.76. The average molecular weight is 365 g/mol. The van der Waals surface area contributed by atoms with Crippen molar-refractivity contribution in [2.45, 2.75) is 24.1 Å². The van der Waals surface area contributed by atoms with Crippen molar-refractivity contribution >= 4 is 23.4 Å². The fourth-order valence-electron chi connectivity index (χ4n) is 2.55. The van der Waals surface area contributed by atoms with E-state index in [9.17, 15) is 5.26 Å². The van der Waals surface area contributed by atoms with Gasteiger partial charge in [-0.2, -0.15) is 5.26 Å². The van der Waals surface area contributed by atoms with Gasteiger partial charge in [0.15, 0.2) is 0 Å². The van der Waals surface area contributed by atoms with Gasteiger partial charge in [0.2, 0.25) is 0 Å². The quantitative estimate of drug-likeness (QED) is 0.499. The highest BCUT2D eigenvalue weighted by Gasteiger charge is 2.16. The number of hydrogen-bond acceptors (Lipinski definition) is 3. The highest BCUT2D eigenvalue weighted by molar-refractivity contribution is 7.99. The van der Waals surface area contributed by atoms with Crippen LogP contribution in [0.3, 0.4) is 0 Å². The Hall–Kier alpha value is -2.28. The van der Waals surface area contributed by atoms with E-state index in [1.807, 2.05) is 60.7 Å². The molecule has 0 radical (unpaired) electrons. The van der Waals surface area contributed by atoms with E-state index in [0.29, 0.717) is 15.8 Å². The van der Waals surface area contributed by atoms with Crippen LogP contribution in [0.5, 0.6) is 0 Å². The molecule has 3 rings (SSSR count). The van der Waals surface area contributed by atoms with Crippen LogP contribution in [-0.2, 0) is 0 Å². The lowest BCUT2D eigenvalue weighted by Crippen LogP contribution is -1.98. The molecule has 0 saturated heterocycles. The predicted molar refractivity (Wildman–Crippen MR) is 106 cm³/mol. The van der Waals surface area contributed by atoms with Gasteiger partial charge in [0.1, 0.15) is 11.1 Å². The van der Waals surface area contributed by atoms with Gasteiger partial charge in [0.05, 0.1) is 11.3 Å². The molecule has 0 amide bonds. The van der Waals surface area contributed by atoms with Gasteiger partial charge < -0.3 is 0 Å². The minimum Gasteiger partial charge on any atom is -0.240 e. The van der Waals surface area contributed by atoms with E-state index in [4.69, 9.17) is 16.6 Å². The molecule has 1 heterocycles. The van der Waals surface area contributed by atoms with Crippen LogP contribution in [0.2, 0.25) is 5.02 Å². The molecule has 0 atom stereocenters. The first-order chi connectivity index (χ1) is 12.1. The minimum absolute atomic E-state index is 0.337. The summed E-state index contributed by atoms with van der Waals surface area (Å²) in [6, 6.07) is 21.9. The number of thioether (sulfide) groups is 1. The average Bonchev–Trinajstić information content (AvgIpc) is 2.62. The Balaban J connectivity index is 2.24. The van der Waals surface area contributed by atoms with E-state index >= 15 is 0 Å². The highest BCUT2D eigenvalue weighted by atomic mass is 35.5. The van der Waals surface area contributed by atoms with Gasteiger partial charge in [-0.15, -0.1) is 11.8 Å². The van der Waals surface area contributed by atoms with E-state index in [1.54, 1.807) is 11.8 Å². The van der Waals surface area contributed by atoms with E-state index in [2.05, 4.69) is 19.9 Å². The summed E-state index contributed by atoms with van der Waals surface area (Å²) in [5.41, 5.74) is 4.36. The first kappa shape index (κ1) is 17.5. The molecule has 4 heteroatoms. The topological polar surface area (TPSA) is 36.7 Å². The Kier molecular flexibility index (Phi) is 5.43. The number of hydrogen-bond donors (Lipinski definition) is 0. The number of aromatic nitrogens is 1. The molecule has 3 aromatic rings. The summed E-state index contributed by atoms with van der Waals surface area (Å²) in [4.78, 5) is 4.77. The normalized spacial score (nSPS) is 10.7. The predicted octanol–water partition coefficient (Wildman–Crippen LogP) is 6.44. The smallest absolute Gasteiger partial charge is 0.115 e. The molecule has 0 N–H and O–H groups in total. The van der Waals surface area contributed by atoms with Crippen molar-refractivity contribution in [3.8, 4) is 28.5 Å². The zero-order valence-corrected chi connectivity index (χ0v) is 15.6. The van der Waals surface area contributed by atoms with Gasteiger partial charge in [0, 0.05) is 21.4 Å². The molecule has 0 unspecified atom stereocenters. The molecule has 2 nitrogen and oxygen atoms in total. The standard InChI is InChI=1S/C21H17ClN2S/c1-14(2)25-21-19(13-23)18(15-8-10-17(22)11-9-15)12-20(24-21)16-6-4-3-5-7-16/h3-12,14H,1-2H3. The van der Waals surface area contributed by atoms with Crippen molar-refractivity contribution in [2.24, 2.45) is 0 Å². The third kappa shape index (κ3) is 4.04. The van der Waals surface area contributed by atoms with Crippen LogP contribution in [0.25, 0.3) is 22.4 Å². The van der Waals surface area contributed by atoms with Gasteiger partial charge in [-0.3, -0.25) is 0 Å². The van der Waals surface area contributed by atoms with Gasteiger partial charge >= 0.3 is 0 Å². The van der Waals surface area contributed by atoms with Crippen molar-refractivity contribution in [1.29, 1.82) is 5.26 Å². The van der Waals surface area contributed by atoms with Gasteiger partial charge in [-0.1, -0.05) is 67.9 Å². The molecular formula is C21H17ClN2S. The second-order valence-electron chi connectivity index (χ2n) is 5.89. The lowest BCUT2D eigenvalue weighted by atomic mass is 9.99. The maximum atomic E-state index is 9.76. The van der Waals surface area contributed by atoms with E-state index in [-0.39, 0.29) is 0 Å². The monoisotopic (exact) mass is 364 g/mol. The first-order valence-electron chi connectivity index (χ1n) is 8.01. The molecule has 0 bridgehead atoms. The van der Waals surface area contributed by atoms with Crippen molar-refractivity contribution in [2.75, 3.05) is 0 Å². The molecule has 25 heavy (non-hydrogen) atoms. The van der Waals surface area contributed by atoms with E-state index in [0.717, 1.165) is 27.4 Å². The number of nitriles is 1. The fourth-order valence-corrected chi connectivity index (χ4v) is 3.55. The second kappa shape index (κ2) is 7.74. The van der Waals surface area contributed by atoms with Gasteiger partial charge in [0.25, 0.3) is 0 Å². The van der Waals surface area contributed by atoms with Crippen LogP contribution in [0.15, 0.2) is 65.7 Å². The molecule has 1 aromatic heterocycles. The number of benzene rings is 2. The number of nitrogens with zero attached hydrogens (tertiary/aromatic N) is 2. The lowest BCUT2D eigenvalue weighted by Gasteiger charge is -2.14. The molecule has 0 fully saturated rings. The third-order valence-corrected chi connectivity index (χ3v) is 4.91. The first-order valence-corrected chi connectivity index (χ1v) is 9.27. The summed E-state index contributed by atoms with van der Waals surface area (Å²) in [7, 11) is 0. The molecule has 0 saturated carbocycles. The zero-order chi connectivity index (χ0) is 17.8. The van der Waals surface area contributed by atoms with Crippen molar-refractivity contribution in [3.63, 3.8) is 0 Å². The molecule has 0 spiro atoms. The summed E-state index contributed by atoms with van der Waals surface area (Å²) in [5.74, 6) is 0. The maximum Gasteiger partial charge on any atom is 0.115 e. The number of halogens is 1. The van der Waals surface area contributed by atoms with Gasteiger partial charge in [-0.25, -0.2) is 4.98 Å². The number of pyridine rings is 1. The Morgan fingerprint density at radius 1 is 1.00 bits per heavy atom. The van der Waals surface area contributed by atoms with Gasteiger partial charge in [-0.05, 0) is 23.8 Å². The van der Waals surface area contributed by atoms with Crippen molar-refractivity contribution in [1.82, 2.24) is 4.98 Å². The van der Waals surface area contributed by atoms with Crippen LogP contribution >= 0.6 is 23.4 Å². The van der Waals surface area contributed by atoms with Crippen LogP contribution in [0, 0.1) is 11.3 Å². The van der Waals surface area contributed by atoms with E-state index < -0.39 is 0 Å². The molecule has 0 aliphatic heterocycles. The Bertz CT molecular complexity index is 913. The molecular weight excluding hydrogens is 348 g/mol. The Morgan fingerprint density at radius 3 is 2.28 bits per heavy atom. The zero-order valence-electron chi connectivity index (χ0n) is 14.0. The highest BCUT2D eigenvalue weighted by Crippen LogP contribution is 2.35. The van der Waals surface area contributed by atoms with E-state index in [1.165, 1.54) is 0 Å². The summed E-state index contributed by atoms with van der Waals surface area (Å²) in [6.07, 6.45) is 0. The number of rotatable bonds is 4. The van der Waals surface area contributed by atoms with Crippen molar-refractivity contribution < 1.29 is 0 Å². The second-order valence-corrected chi connectivity index (χ2v) is 7.89. The Labute approximate surface area is 157 Å². The van der Waals surface area contributed by atoms with Crippen LogP contribution in [0.4, 0.5) is 0 Å². The molecule has 2 aromatic carbocycles. The van der Waals surface area contributed by atoms with Crippen molar-refractivity contribution in [3.05, 3.63) is 71.2 Å². The summed E-state index contributed by atoms with van der Waals surface area (Å²) < 4.78 is 0. The summed E-state index contributed by atoms with van der Waals surface area (Å²) in [6.45, 7) is 4.20. The lowest BCUT2D eigenvalue weighted by molar-refractivity contribution is 1.07. The molecule has 0 aliphatic carbocycles. The minimum atomic E-state index is 0.337. The molecule has 0 aliphatic rings. The SMILES string of the molecule is CC(C)Sc1nc(-c2ccccc2)cc(-c2ccc(Cl)cc2)c1C#N. The summed E-state index contributed by atoms with van der Waals surface area (Å²) in [5, 5.41) is 11.5. The third-order valence-electron chi connectivity index (χ3n) is 3.67.